The number of nitriles is 1. The van der Waals surface area contributed by atoms with Crippen molar-refractivity contribution in [1.29, 1.82) is 5.26 Å². The Morgan fingerprint density at radius 2 is 2.12 bits per heavy atom. The Labute approximate surface area is 145 Å². The van der Waals surface area contributed by atoms with E-state index in [2.05, 4.69) is 11.1 Å². The molecule has 1 heterocycles. The summed E-state index contributed by atoms with van der Waals surface area (Å²) >= 11 is 0. The minimum atomic E-state index is -1.22. The largest absolute Gasteiger partial charge is 0.465 e. The fraction of sp³-hybridized carbons (Fsp3) is 0.353. The summed E-state index contributed by atoms with van der Waals surface area (Å²) in [5.41, 5.74) is 3.11. The van der Waals surface area contributed by atoms with Gasteiger partial charge in [-0.3, -0.25) is 15.1 Å². The molecule has 0 aliphatic rings. The predicted octanol–water partition coefficient (Wildman–Crippen LogP) is 1.72. The van der Waals surface area contributed by atoms with E-state index in [-0.39, 0.29) is 6.42 Å². The van der Waals surface area contributed by atoms with Gasteiger partial charge in [0.1, 0.15) is 6.04 Å². The van der Waals surface area contributed by atoms with Crippen LogP contribution in [0, 0.1) is 11.3 Å². The molecule has 0 saturated carbocycles. The molecule has 1 atom stereocenters. The van der Waals surface area contributed by atoms with Crippen LogP contribution in [0.5, 0.6) is 0 Å². The lowest BCUT2D eigenvalue weighted by Crippen LogP contribution is -2.58. The van der Waals surface area contributed by atoms with Crippen LogP contribution in [0.4, 0.5) is 4.79 Å². The van der Waals surface area contributed by atoms with Gasteiger partial charge in [0.15, 0.2) is 0 Å². The van der Waals surface area contributed by atoms with Crippen molar-refractivity contribution in [2.75, 3.05) is 0 Å². The molecule has 0 bridgehead atoms. The first kappa shape index (κ1) is 18.3. The molecule has 2 rings (SSSR count). The third-order valence-corrected chi connectivity index (χ3v) is 4.01. The lowest BCUT2D eigenvalue weighted by molar-refractivity contribution is -0.127. The Balaban J connectivity index is 2.54. The number of nitrogens with zero attached hydrogens (tertiary/aromatic N) is 2. The second-order valence-corrected chi connectivity index (χ2v) is 6.71. The van der Waals surface area contributed by atoms with Crippen molar-refractivity contribution in [3.63, 3.8) is 0 Å². The van der Waals surface area contributed by atoms with Crippen LogP contribution >= 0.6 is 0 Å². The molecule has 8 nitrogen and oxygen atoms in total. The van der Waals surface area contributed by atoms with Crippen molar-refractivity contribution in [2.45, 2.75) is 38.8 Å². The van der Waals surface area contributed by atoms with Gasteiger partial charge in [0.2, 0.25) is 0 Å². The Hall–Kier alpha value is -3.05. The number of hydrogen-bond donors (Lipinski definition) is 4. The quantitative estimate of drug-likeness (QED) is 0.381. The fourth-order valence-corrected chi connectivity index (χ4v) is 3.00. The summed E-state index contributed by atoms with van der Waals surface area (Å²) in [6.45, 7) is 5.11. The molecule has 2 aromatic rings. The van der Waals surface area contributed by atoms with E-state index in [1.807, 2.05) is 11.5 Å². The molecule has 0 fully saturated rings. The maximum atomic E-state index is 12.3. The fourth-order valence-electron chi connectivity index (χ4n) is 3.00. The van der Waals surface area contributed by atoms with E-state index >= 15 is 0 Å². The van der Waals surface area contributed by atoms with E-state index in [1.54, 1.807) is 39.1 Å². The van der Waals surface area contributed by atoms with Crippen LogP contribution in [-0.4, -0.2) is 38.6 Å². The highest BCUT2D eigenvalue weighted by Crippen LogP contribution is 2.26. The first-order valence-electron chi connectivity index (χ1n) is 7.72. The van der Waals surface area contributed by atoms with Crippen molar-refractivity contribution in [2.24, 2.45) is 5.84 Å². The summed E-state index contributed by atoms with van der Waals surface area (Å²) in [6, 6.07) is 6.33. The standard InChI is InChI=1S/C17H21N5O3/c1-17(2,3)22(16(24)25)13(15(23)21-19)7-11-9-20-12-6-4-5-10(8-18)14(11)12/h4-6,9,13,20H,7,19H2,1-3H3,(H,21,23)(H,24,25). The first-order chi connectivity index (χ1) is 11.7. The van der Waals surface area contributed by atoms with Gasteiger partial charge < -0.3 is 10.1 Å². The second kappa shape index (κ2) is 6.83. The molecule has 1 aromatic carbocycles. The van der Waals surface area contributed by atoms with Gasteiger partial charge in [0.05, 0.1) is 11.6 Å². The molecule has 132 valence electrons. The Morgan fingerprint density at radius 3 is 2.64 bits per heavy atom. The average Bonchev–Trinajstić information content (AvgIpc) is 2.95. The summed E-state index contributed by atoms with van der Waals surface area (Å²) < 4.78 is 0. The molecule has 0 aliphatic heterocycles. The number of hydrogen-bond acceptors (Lipinski definition) is 4. The molecular weight excluding hydrogens is 322 g/mol. The van der Waals surface area contributed by atoms with Gasteiger partial charge in [-0.25, -0.2) is 10.6 Å². The third-order valence-electron chi connectivity index (χ3n) is 4.01. The zero-order valence-corrected chi connectivity index (χ0v) is 14.3. The number of aromatic amines is 1. The topological polar surface area (TPSA) is 135 Å². The van der Waals surface area contributed by atoms with Gasteiger partial charge in [-0.15, -0.1) is 0 Å². The number of nitrogens with two attached hydrogens (primary N) is 1. The molecule has 5 N–H and O–H groups in total. The highest BCUT2D eigenvalue weighted by Gasteiger charge is 2.37. The van der Waals surface area contributed by atoms with Gasteiger partial charge in [0, 0.05) is 29.1 Å². The number of carbonyl (C=O) groups is 2. The number of fused-ring (bicyclic) bond motifs is 1. The SMILES string of the molecule is CC(C)(C)N(C(=O)O)C(Cc1c[nH]c2cccc(C#N)c12)C(=O)NN. The number of H-pyrrole nitrogens is 1. The molecule has 25 heavy (non-hydrogen) atoms. The van der Waals surface area contributed by atoms with Crippen LogP contribution in [0.1, 0.15) is 31.9 Å². The maximum absolute atomic E-state index is 12.3. The minimum Gasteiger partial charge on any atom is -0.465 e. The summed E-state index contributed by atoms with van der Waals surface area (Å²) in [5.74, 6) is 4.66. The van der Waals surface area contributed by atoms with Gasteiger partial charge in [-0.05, 0) is 38.5 Å². The molecular formula is C17H21N5O3. The highest BCUT2D eigenvalue weighted by molar-refractivity contribution is 5.91. The van der Waals surface area contributed by atoms with E-state index in [0.29, 0.717) is 16.5 Å². The Kier molecular flexibility index (Phi) is 4.99. The smallest absolute Gasteiger partial charge is 0.408 e. The summed E-state index contributed by atoms with van der Waals surface area (Å²) in [5, 5.41) is 19.6. The lowest BCUT2D eigenvalue weighted by Gasteiger charge is -2.38. The van der Waals surface area contributed by atoms with Crippen LogP contribution in [0.15, 0.2) is 24.4 Å². The number of amides is 2. The predicted molar refractivity (Wildman–Crippen MR) is 92.5 cm³/mol. The van der Waals surface area contributed by atoms with Crippen molar-refractivity contribution < 1.29 is 14.7 Å². The number of carboxylic acid groups (broad SMARTS) is 1. The molecule has 0 spiro atoms. The van der Waals surface area contributed by atoms with Crippen LogP contribution in [-0.2, 0) is 11.2 Å². The van der Waals surface area contributed by atoms with Crippen molar-refractivity contribution in [3.8, 4) is 6.07 Å². The summed E-state index contributed by atoms with van der Waals surface area (Å²) in [4.78, 5) is 28.2. The van der Waals surface area contributed by atoms with E-state index in [1.165, 1.54) is 0 Å². The number of benzene rings is 1. The normalized spacial score (nSPS) is 12.4. The lowest BCUT2D eigenvalue weighted by atomic mass is 9.96. The molecule has 8 heteroatoms. The van der Waals surface area contributed by atoms with E-state index in [4.69, 9.17) is 5.84 Å². The molecule has 2 amide bonds. The van der Waals surface area contributed by atoms with E-state index in [0.717, 1.165) is 10.4 Å². The second-order valence-electron chi connectivity index (χ2n) is 6.71. The number of hydrazine groups is 1. The molecule has 1 aromatic heterocycles. The monoisotopic (exact) mass is 343 g/mol. The van der Waals surface area contributed by atoms with Crippen molar-refractivity contribution >= 4 is 22.9 Å². The number of rotatable bonds is 4. The molecule has 0 aliphatic carbocycles. The third kappa shape index (κ3) is 3.56. The summed E-state index contributed by atoms with van der Waals surface area (Å²) in [7, 11) is 0. The molecule has 0 radical (unpaired) electrons. The zero-order chi connectivity index (χ0) is 18.8. The van der Waals surface area contributed by atoms with Crippen molar-refractivity contribution in [1.82, 2.24) is 15.3 Å². The number of aromatic nitrogens is 1. The summed E-state index contributed by atoms with van der Waals surface area (Å²) in [6.07, 6.45) is 0.553. The number of nitrogens with one attached hydrogen (secondary N) is 2. The van der Waals surface area contributed by atoms with Crippen molar-refractivity contribution in [3.05, 3.63) is 35.5 Å². The Morgan fingerprint density at radius 1 is 1.44 bits per heavy atom. The molecule has 0 saturated heterocycles. The van der Waals surface area contributed by atoms with Gasteiger partial charge >= 0.3 is 6.09 Å². The van der Waals surface area contributed by atoms with Crippen LogP contribution < -0.4 is 11.3 Å². The molecule has 1 unspecified atom stereocenters. The zero-order valence-electron chi connectivity index (χ0n) is 14.3. The first-order valence-corrected chi connectivity index (χ1v) is 7.72. The van der Waals surface area contributed by atoms with Gasteiger partial charge in [-0.1, -0.05) is 6.07 Å². The number of carbonyl (C=O) groups excluding carboxylic acids is 1. The Bertz CT molecular complexity index is 844. The van der Waals surface area contributed by atoms with Crippen LogP contribution in [0.2, 0.25) is 0 Å². The van der Waals surface area contributed by atoms with E-state index < -0.39 is 23.6 Å². The minimum absolute atomic E-state index is 0.0886. The van der Waals surface area contributed by atoms with Crippen LogP contribution in [0.3, 0.4) is 0 Å². The van der Waals surface area contributed by atoms with Gasteiger partial charge in [-0.2, -0.15) is 5.26 Å². The van der Waals surface area contributed by atoms with Gasteiger partial charge in [0.25, 0.3) is 5.91 Å². The van der Waals surface area contributed by atoms with Crippen LogP contribution in [0.25, 0.3) is 10.9 Å². The maximum Gasteiger partial charge on any atom is 0.408 e. The average molecular weight is 343 g/mol. The highest BCUT2D eigenvalue weighted by atomic mass is 16.4. The van der Waals surface area contributed by atoms with E-state index in [9.17, 15) is 20.0 Å².